The molecule has 0 fully saturated rings. The van der Waals surface area contributed by atoms with E-state index >= 15 is 0 Å². The lowest BCUT2D eigenvalue weighted by molar-refractivity contribution is -0.153. The van der Waals surface area contributed by atoms with Crippen molar-refractivity contribution in [1.29, 1.82) is 0 Å². The van der Waals surface area contributed by atoms with E-state index in [2.05, 4.69) is 15.3 Å². The Balaban J connectivity index is 1.50. The maximum atomic E-state index is 12.1. The van der Waals surface area contributed by atoms with Crippen LogP contribution in [0, 0.1) is 0 Å². The molecule has 2 aromatic heterocycles. The van der Waals surface area contributed by atoms with E-state index in [1.54, 1.807) is 12.1 Å². The van der Waals surface area contributed by atoms with E-state index in [1.807, 2.05) is 36.4 Å². The van der Waals surface area contributed by atoms with Crippen LogP contribution >= 0.6 is 11.6 Å². The van der Waals surface area contributed by atoms with E-state index in [4.69, 9.17) is 16.3 Å². The van der Waals surface area contributed by atoms with Crippen molar-refractivity contribution < 1.29 is 14.3 Å². The van der Waals surface area contributed by atoms with E-state index < -0.39 is 18.0 Å². The zero-order valence-electron chi connectivity index (χ0n) is 14.7. The minimum Gasteiger partial charge on any atom is -0.453 e. The third kappa shape index (κ3) is 5.24. The molecular weight excluding hydrogens is 366 g/mol. The molecule has 6 nitrogen and oxygen atoms in total. The molecule has 0 saturated heterocycles. The number of hydrogen-bond donors (Lipinski definition) is 1. The molecule has 1 atom stereocenters. The molecule has 3 aromatic rings. The number of nitrogens with zero attached hydrogens (tertiary/aromatic N) is 2. The van der Waals surface area contributed by atoms with E-state index in [9.17, 15) is 9.59 Å². The van der Waals surface area contributed by atoms with Crippen LogP contribution in [0.25, 0.3) is 10.9 Å². The number of rotatable bonds is 6. The van der Waals surface area contributed by atoms with E-state index in [1.165, 1.54) is 13.1 Å². The van der Waals surface area contributed by atoms with Crippen LogP contribution in [0.1, 0.15) is 19.0 Å². The van der Waals surface area contributed by atoms with Gasteiger partial charge in [0.25, 0.3) is 5.91 Å². The zero-order valence-corrected chi connectivity index (χ0v) is 15.4. The molecule has 0 radical (unpaired) electrons. The van der Waals surface area contributed by atoms with Crippen LogP contribution in [-0.2, 0) is 20.7 Å². The quantitative estimate of drug-likeness (QED) is 0.655. The molecule has 27 heavy (non-hydrogen) atoms. The van der Waals surface area contributed by atoms with Gasteiger partial charge in [0, 0.05) is 23.7 Å². The van der Waals surface area contributed by atoms with Crippen LogP contribution in [-0.4, -0.2) is 27.9 Å². The third-order valence-corrected chi connectivity index (χ3v) is 4.12. The van der Waals surface area contributed by atoms with Gasteiger partial charge in [0.15, 0.2) is 6.10 Å². The second-order valence-corrected chi connectivity index (χ2v) is 6.41. The monoisotopic (exact) mass is 383 g/mol. The van der Waals surface area contributed by atoms with E-state index in [-0.39, 0.29) is 6.42 Å². The van der Waals surface area contributed by atoms with Crippen molar-refractivity contribution in [2.75, 3.05) is 5.32 Å². The molecule has 0 aliphatic carbocycles. The molecule has 0 saturated carbocycles. The number of halogens is 1. The highest BCUT2D eigenvalue weighted by Gasteiger charge is 2.18. The van der Waals surface area contributed by atoms with Crippen molar-refractivity contribution in [1.82, 2.24) is 9.97 Å². The summed E-state index contributed by atoms with van der Waals surface area (Å²) in [7, 11) is 0. The maximum Gasteiger partial charge on any atom is 0.306 e. The number of nitrogens with one attached hydrogen (secondary N) is 1. The van der Waals surface area contributed by atoms with Gasteiger partial charge in [-0.2, -0.15) is 0 Å². The number of fused-ring (bicyclic) bond motifs is 1. The molecule has 1 unspecified atom stereocenters. The summed E-state index contributed by atoms with van der Waals surface area (Å²) in [6.07, 6.45) is 1.07. The third-order valence-electron chi connectivity index (χ3n) is 3.90. The van der Waals surface area contributed by atoms with Gasteiger partial charge in [-0.1, -0.05) is 35.9 Å². The van der Waals surface area contributed by atoms with Crippen LogP contribution in [0.5, 0.6) is 0 Å². The van der Waals surface area contributed by atoms with Crippen LogP contribution in [0.3, 0.4) is 0 Å². The lowest BCUT2D eigenvalue weighted by atomic mass is 10.1. The van der Waals surface area contributed by atoms with Crippen molar-refractivity contribution in [2.45, 2.75) is 25.9 Å². The molecule has 7 heteroatoms. The zero-order chi connectivity index (χ0) is 19.2. The van der Waals surface area contributed by atoms with Crippen LogP contribution in [0.4, 0.5) is 5.82 Å². The van der Waals surface area contributed by atoms with Gasteiger partial charge in [0.2, 0.25) is 0 Å². The first kappa shape index (κ1) is 18.8. The van der Waals surface area contributed by atoms with Gasteiger partial charge in [0.05, 0.1) is 17.0 Å². The highest BCUT2D eigenvalue weighted by Crippen LogP contribution is 2.13. The van der Waals surface area contributed by atoms with Crippen LogP contribution in [0.15, 0.2) is 54.7 Å². The molecule has 1 amide bonds. The van der Waals surface area contributed by atoms with Crippen molar-refractivity contribution in [3.8, 4) is 0 Å². The van der Waals surface area contributed by atoms with Gasteiger partial charge in [-0.25, -0.2) is 4.98 Å². The summed E-state index contributed by atoms with van der Waals surface area (Å²) in [5.74, 6) is -0.577. The minimum atomic E-state index is -0.931. The van der Waals surface area contributed by atoms with Crippen molar-refractivity contribution in [3.63, 3.8) is 0 Å². The predicted molar refractivity (Wildman–Crippen MR) is 103 cm³/mol. The van der Waals surface area contributed by atoms with Crippen LogP contribution < -0.4 is 5.32 Å². The Morgan fingerprint density at radius 2 is 1.96 bits per heavy atom. The highest BCUT2D eigenvalue weighted by molar-refractivity contribution is 6.30. The molecule has 3 rings (SSSR count). The fraction of sp³-hybridized carbons (Fsp3) is 0.200. The number of amides is 1. The second-order valence-electron chi connectivity index (χ2n) is 5.98. The van der Waals surface area contributed by atoms with Gasteiger partial charge in [0.1, 0.15) is 5.82 Å². The van der Waals surface area contributed by atoms with Gasteiger partial charge in [-0.15, -0.1) is 0 Å². The van der Waals surface area contributed by atoms with Crippen molar-refractivity contribution in [3.05, 3.63) is 65.4 Å². The number of carbonyl (C=O) groups excluding carboxylic acids is 2. The second kappa shape index (κ2) is 8.60. The first-order valence-electron chi connectivity index (χ1n) is 8.48. The Kier molecular flexibility index (Phi) is 5.98. The summed E-state index contributed by atoms with van der Waals surface area (Å²) in [4.78, 5) is 32.6. The largest absolute Gasteiger partial charge is 0.453 e. The SMILES string of the molecule is CC(OC(=O)CCc1ccc2ccccc2n1)C(=O)Nc1ccc(Cl)cn1. The molecule has 0 spiro atoms. The van der Waals surface area contributed by atoms with Crippen molar-refractivity contribution >= 4 is 40.2 Å². The number of pyridine rings is 2. The lowest BCUT2D eigenvalue weighted by Crippen LogP contribution is -2.30. The Hall–Kier alpha value is -2.99. The molecule has 2 heterocycles. The number of carbonyl (C=O) groups is 2. The molecule has 138 valence electrons. The topological polar surface area (TPSA) is 81.2 Å². The number of aromatic nitrogens is 2. The van der Waals surface area contributed by atoms with Crippen molar-refractivity contribution in [2.24, 2.45) is 0 Å². The number of esters is 1. The Labute approximate surface area is 161 Å². The average molecular weight is 384 g/mol. The van der Waals surface area contributed by atoms with E-state index in [0.29, 0.717) is 17.3 Å². The molecule has 1 aromatic carbocycles. The summed E-state index contributed by atoms with van der Waals surface area (Å²) in [6, 6.07) is 14.8. The van der Waals surface area contributed by atoms with Gasteiger partial charge in [-0.3, -0.25) is 14.6 Å². The summed E-state index contributed by atoms with van der Waals surface area (Å²) < 4.78 is 5.18. The fourth-order valence-corrected chi connectivity index (χ4v) is 2.58. The number of para-hydroxylation sites is 1. The number of anilines is 1. The lowest BCUT2D eigenvalue weighted by Gasteiger charge is -2.13. The smallest absolute Gasteiger partial charge is 0.306 e. The fourth-order valence-electron chi connectivity index (χ4n) is 2.46. The summed E-state index contributed by atoms with van der Waals surface area (Å²) in [6.45, 7) is 1.51. The minimum absolute atomic E-state index is 0.141. The first-order valence-corrected chi connectivity index (χ1v) is 8.85. The number of ether oxygens (including phenoxy) is 1. The standard InChI is InChI=1S/C20H18ClN3O3/c1-13(20(26)24-18-10-7-15(21)12-22-18)27-19(25)11-9-16-8-6-14-4-2-3-5-17(14)23-16/h2-8,10,12-13H,9,11H2,1H3,(H,22,24,26). The summed E-state index contributed by atoms with van der Waals surface area (Å²) >= 11 is 5.75. The predicted octanol–water partition coefficient (Wildman–Crippen LogP) is 3.79. The van der Waals surface area contributed by atoms with Crippen LogP contribution in [0.2, 0.25) is 5.02 Å². The van der Waals surface area contributed by atoms with Gasteiger partial charge < -0.3 is 10.1 Å². The summed E-state index contributed by atoms with van der Waals surface area (Å²) in [5.41, 5.74) is 1.68. The van der Waals surface area contributed by atoms with E-state index in [0.717, 1.165) is 16.6 Å². The van der Waals surface area contributed by atoms with Gasteiger partial charge >= 0.3 is 5.97 Å². The first-order chi connectivity index (χ1) is 13.0. The number of aryl methyl sites for hydroxylation is 1. The van der Waals surface area contributed by atoms with Gasteiger partial charge in [-0.05, 0) is 31.2 Å². The highest BCUT2D eigenvalue weighted by atomic mass is 35.5. The Morgan fingerprint density at radius 3 is 2.74 bits per heavy atom. The Bertz CT molecular complexity index is 960. The molecule has 0 bridgehead atoms. The number of benzene rings is 1. The average Bonchev–Trinajstić information content (AvgIpc) is 2.68. The Morgan fingerprint density at radius 1 is 1.15 bits per heavy atom. The molecular formula is C20H18ClN3O3. The molecule has 1 N–H and O–H groups in total. The summed E-state index contributed by atoms with van der Waals surface area (Å²) in [5, 5.41) is 4.08. The molecule has 0 aliphatic heterocycles. The molecule has 0 aliphatic rings. The maximum absolute atomic E-state index is 12.1. The normalized spacial score (nSPS) is 11.8. The number of hydrogen-bond acceptors (Lipinski definition) is 5.